The van der Waals surface area contributed by atoms with Crippen molar-refractivity contribution in [2.45, 2.75) is 26.5 Å². The van der Waals surface area contributed by atoms with E-state index in [4.69, 9.17) is 21.7 Å². The maximum Gasteiger partial charge on any atom is 0.214 e. The molecule has 8 heteroatoms. The lowest BCUT2D eigenvalue weighted by molar-refractivity contribution is 0.227. The van der Waals surface area contributed by atoms with E-state index >= 15 is 0 Å². The monoisotopic (exact) mass is 372 g/mol. The highest BCUT2D eigenvalue weighted by molar-refractivity contribution is 9.10. The fraction of sp³-hybridized carbons (Fsp3) is 0.385. The molecule has 6 nitrogen and oxygen atoms in total. The van der Waals surface area contributed by atoms with Crippen LogP contribution in [-0.2, 0) is 6.54 Å². The van der Waals surface area contributed by atoms with Crippen molar-refractivity contribution in [3.05, 3.63) is 33.3 Å². The molecule has 2 rings (SSSR count). The average molecular weight is 373 g/mol. The predicted octanol–water partition coefficient (Wildman–Crippen LogP) is 3.24. The van der Waals surface area contributed by atoms with Crippen LogP contribution in [0.2, 0.25) is 0 Å². The number of aromatic nitrogens is 3. The lowest BCUT2D eigenvalue weighted by Crippen LogP contribution is -2.16. The van der Waals surface area contributed by atoms with Crippen molar-refractivity contribution in [3.8, 4) is 11.5 Å². The summed E-state index contributed by atoms with van der Waals surface area (Å²) in [5.41, 5.74) is 4.12. The summed E-state index contributed by atoms with van der Waals surface area (Å²) in [6, 6.07) is 3.86. The van der Waals surface area contributed by atoms with Crippen molar-refractivity contribution in [2.75, 3.05) is 12.5 Å². The number of nitrogens with zero attached hydrogens (tertiary/aromatic N) is 2. The summed E-state index contributed by atoms with van der Waals surface area (Å²) in [7, 11) is 1.62. The molecule has 0 aliphatic carbocycles. The van der Waals surface area contributed by atoms with Gasteiger partial charge in [0.1, 0.15) is 6.33 Å². The topological polar surface area (TPSA) is 64.1 Å². The molecule has 0 amide bonds. The van der Waals surface area contributed by atoms with Gasteiger partial charge in [-0.3, -0.25) is 5.10 Å². The molecule has 0 radical (unpaired) electrons. The molecule has 0 fully saturated rings. The maximum absolute atomic E-state index is 5.88. The summed E-state index contributed by atoms with van der Waals surface area (Å²) >= 11 is 8.57. The van der Waals surface area contributed by atoms with E-state index in [9.17, 15) is 0 Å². The minimum atomic E-state index is 0.0508. The van der Waals surface area contributed by atoms with Crippen molar-refractivity contribution in [1.82, 2.24) is 14.9 Å². The SMILES string of the molecule is COc1cc(Br)cc(CNn2cn[nH]c2=S)c1OC(C)C. The maximum atomic E-state index is 5.88. The van der Waals surface area contributed by atoms with Crippen LogP contribution in [-0.4, -0.2) is 28.1 Å². The zero-order valence-corrected chi connectivity index (χ0v) is 14.4. The summed E-state index contributed by atoms with van der Waals surface area (Å²) in [5.74, 6) is 1.41. The van der Waals surface area contributed by atoms with Crippen molar-refractivity contribution >= 4 is 28.1 Å². The first kappa shape index (κ1) is 15.8. The van der Waals surface area contributed by atoms with E-state index in [1.54, 1.807) is 18.1 Å². The van der Waals surface area contributed by atoms with Crippen LogP contribution in [0.1, 0.15) is 19.4 Å². The Morgan fingerprint density at radius 1 is 1.48 bits per heavy atom. The average Bonchev–Trinajstić information content (AvgIpc) is 2.83. The van der Waals surface area contributed by atoms with Gasteiger partial charge in [0.05, 0.1) is 19.8 Å². The van der Waals surface area contributed by atoms with Crippen molar-refractivity contribution in [3.63, 3.8) is 0 Å². The molecule has 0 bridgehead atoms. The molecule has 0 saturated carbocycles. The number of hydrogen-bond donors (Lipinski definition) is 2. The first-order valence-corrected chi connectivity index (χ1v) is 7.60. The molecular weight excluding hydrogens is 356 g/mol. The van der Waals surface area contributed by atoms with Gasteiger partial charge < -0.3 is 14.9 Å². The van der Waals surface area contributed by atoms with Gasteiger partial charge in [-0.15, -0.1) is 0 Å². The highest BCUT2D eigenvalue weighted by Crippen LogP contribution is 2.35. The second kappa shape index (κ2) is 6.95. The third-order valence-electron chi connectivity index (χ3n) is 2.66. The zero-order valence-electron chi connectivity index (χ0n) is 12.0. The minimum Gasteiger partial charge on any atom is -0.493 e. The number of H-pyrrole nitrogens is 1. The zero-order chi connectivity index (χ0) is 15.4. The molecule has 0 atom stereocenters. The lowest BCUT2D eigenvalue weighted by Gasteiger charge is -2.18. The van der Waals surface area contributed by atoms with E-state index in [1.165, 1.54) is 0 Å². The van der Waals surface area contributed by atoms with Crippen LogP contribution in [0.15, 0.2) is 22.9 Å². The molecule has 0 saturated heterocycles. The van der Waals surface area contributed by atoms with Crippen LogP contribution < -0.4 is 14.9 Å². The smallest absolute Gasteiger partial charge is 0.214 e. The van der Waals surface area contributed by atoms with Gasteiger partial charge in [0, 0.05) is 10.0 Å². The van der Waals surface area contributed by atoms with Crippen LogP contribution in [0, 0.1) is 4.77 Å². The summed E-state index contributed by atoms with van der Waals surface area (Å²) < 4.78 is 14.3. The van der Waals surface area contributed by atoms with Crippen LogP contribution in [0.3, 0.4) is 0 Å². The number of halogens is 1. The number of ether oxygens (including phenoxy) is 2. The molecule has 1 heterocycles. The Morgan fingerprint density at radius 3 is 2.81 bits per heavy atom. The highest BCUT2D eigenvalue weighted by Gasteiger charge is 2.14. The quantitative estimate of drug-likeness (QED) is 0.762. The second-order valence-corrected chi connectivity index (χ2v) is 5.93. The van der Waals surface area contributed by atoms with Crippen molar-refractivity contribution in [2.24, 2.45) is 0 Å². The summed E-state index contributed by atoms with van der Waals surface area (Å²) in [5, 5.41) is 6.55. The van der Waals surface area contributed by atoms with Crippen LogP contribution in [0.25, 0.3) is 0 Å². The van der Waals surface area contributed by atoms with Gasteiger partial charge in [0.2, 0.25) is 4.77 Å². The lowest BCUT2D eigenvalue weighted by atomic mass is 10.2. The Morgan fingerprint density at radius 2 is 2.24 bits per heavy atom. The third-order valence-corrected chi connectivity index (χ3v) is 3.41. The minimum absolute atomic E-state index is 0.0508. The summed E-state index contributed by atoms with van der Waals surface area (Å²) in [4.78, 5) is 0. The van der Waals surface area contributed by atoms with Gasteiger partial charge in [-0.05, 0) is 38.2 Å². The Bertz CT molecular complexity index is 668. The fourth-order valence-corrected chi connectivity index (χ4v) is 2.45. The highest BCUT2D eigenvalue weighted by atomic mass is 79.9. The van der Waals surface area contributed by atoms with Gasteiger partial charge in [-0.1, -0.05) is 15.9 Å². The summed E-state index contributed by atoms with van der Waals surface area (Å²) in [6.07, 6.45) is 1.63. The Hall–Kier alpha value is -1.54. The Balaban J connectivity index is 2.29. The van der Waals surface area contributed by atoms with Crippen LogP contribution in [0.5, 0.6) is 11.5 Å². The second-order valence-electron chi connectivity index (χ2n) is 4.63. The largest absolute Gasteiger partial charge is 0.493 e. The first-order valence-electron chi connectivity index (χ1n) is 6.40. The fourth-order valence-electron chi connectivity index (χ4n) is 1.81. The van der Waals surface area contributed by atoms with Gasteiger partial charge in [0.15, 0.2) is 11.5 Å². The number of nitrogens with one attached hydrogen (secondary N) is 2. The first-order chi connectivity index (χ1) is 10.0. The van der Waals surface area contributed by atoms with Gasteiger partial charge in [-0.25, -0.2) is 4.68 Å². The van der Waals surface area contributed by atoms with Crippen LogP contribution >= 0.6 is 28.1 Å². The van der Waals surface area contributed by atoms with Crippen molar-refractivity contribution in [1.29, 1.82) is 0 Å². The molecule has 2 aromatic rings. The van der Waals surface area contributed by atoms with Gasteiger partial charge >= 0.3 is 0 Å². The molecule has 21 heavy (non-hydrogen) atoms. The molecule has 0 aliphatic heterocycles. The number of rotatable bonds is 6. The third kappa shape index (κ3) is 3.98. The Labute approximate surface area is 136 Å². The molecule has 0 aliphatic rings. The van der Waals surface area contributed by atoms with E-state index in [0.29, 0.717) is 17.1 Å². The van der Waals surface area contributed by atoms with Gasteiger partial charge in [-0.2, -0.15) is 5.10 Å². The molecule has 1 aromatic heterocycles. The predicted molar refractivity (Wildman–Crippen MR) is 86.9 cm³/mol. The molecule has 0 unspecified atom stereocenters. The van der Waals surface area contributed by atoms with E-state index in [2.05, 4.69) is 31.6 Å². The molecule has 2 N–H and O–H groups in total. The molecule has 0 spiro atoms. The Kier molecular flexibility index (Phi) is 5.24. The number of benzene rings is 1. The number of hydrogen-bond acceptors (Lipinski definition) is 5. The van der Waals surface area contributed by atoms with E-state index in [-0.39, 0.29) is 6.10 Å². The standard InChI is InChI=1S/C13H17BrN4O2S/c1-8(2)20-12-9(4-10(14)5-11(12)19-3)6-16-18-7-15-17-13(18)21/h4-5,7-8,16H,6H2,1-3H3,(H,17,21). The normalized spacial score (nSPS) is 10.7. The molecule has 114 valence electrons. The number of methoxy groups -OCH3 is 1. The van der Waals surface area contributed by atoms with E-state index < -0.39 is 0 Å². The number of aromatic amines is 1. The van der Waals surface area contributed by atoms with Crippen LogP contribution in [0.4, 0.5) is 0 Å². The van der Waals surface area contributed by atoms with Crippen molar-refractivity contribution < 1.29 is 9.47 Å². The summed E-state index contributed by atoms with van der Waals surface area (Å²) in [6.45, 7) is 4.47. The van der Waals surface area contributed by atoms with E-state index in [1.807, 2.05) is 26.0 Å². The molecule has 1 aromatic carbocycles. The molecular formula is C13H17BrN4O2S. The van der Waals surface area contributed by atoms with E-state index in [0.717, 1.165) is 15.8 Å². The van der Waals surface area contributed by atoms with Gasteiger partial charge in [0.25, 0.3) is 0 Å².